The molecular weight excluding hydrogens is 434 g/mol. The molecule has 1 aliphatic rings. The number of nitrogens with zero attached hydrogens (tertiary/aromatic N) is 3. The molecule has 0 radical (unpaired) electrons. The Hall–Kier alpha value is -3.11. The van der Waals surface area contributed by atoms with Gasteiger partial charge in [0.25, 0.3) is 0 Å². The first-order chi connectivity index (χ1) is 15.5. The number of benzene rings is 2. The van der Waals surface area contributed by atoms with Crippen molar-refractivity contribution >= 4 is 10.0 Å². The second kappa shape index (κ2) is 9.17. The molecule has 0 N–H and O–H groups in total. The molecule has 9 nitrogen and oxygen atoms in total. The highest BCUT2D eigenvalue weighted by Crippen LogP contribution is 2.35. The van der Waals surface area contributed by atoms with E-state index in [1.165, 1.54) is 24.6 Å². The van der Waals surface area contributed by atoms with Gasteiger partial charge in [0.1, 0.15) is 22.1 Å². The monoisotopic (exact) mass is 459 g/mol. The van der Waals surface area contributed by atoms with Crippen molar-refractivity contribution in [3.8, 4) is 28.7 Å². The van der Waals surface area contributed by atoms with E-state index in [2.05, 4.69) is 10.2 Å². The standard InChI is InChI=1S/C22H25N3O6S/c1-28-17-8-6-15(7-9-17)21-23-24-22(31-21)16-5-4-12-25(14-16)32(26,27)20-13-18(29-2)10-11-19(20)30-3/h6-11,13,16H,4-5,12,14H2,1-3H3/t16-/m0/s1. The molecule has 32 heavy (non-hydrogen) atoms. The maximum Gasteiger partial charge on any atom is 0.247 e. The summed E-state index contributed by atoms with van der Waals surface area (Å²) in [6.45, 7) is 0.644. The van der Waals surface area contributed by atoms with Gasteiger partial charge >= 0.3 is 0 Å². The molecule has 2 aromatic carbocycles. The smallest absolute Gasteiger partial charge is 0.247 e. The van der Waals surface area contributed by atoms with Gasteiger partial charge in [0.05, 0.1) is 27.2 Å². The first-order valence-corrected chi connectivity index (χ1v) is 11.6. The molecule has 4 rings (SSSR count). The number of methoxy groups -OCH3 is 3. The summed E-state index contributed by atoms with van der Waals surface area (Å²) in [6.07, 6.45) is 1.43. The third-order valence-electron chi connectivity index (χ3n) is 5.50. The average molecular weight is 460 g/mol. The first kappa shape index (κ1) is 22.1. The summed E-state index contributed by atoms with van der Waals surface area (Å²) in [6, 6.07) is 12.0. The molecule has 10 heteroatoms. The number of hydrogen-bond acceptors (Lipinski definition) is 8. The lowest BCUT2D eigenvalue weighted by atomic mass is 10.00. The Morgan fingerprint density at radius 3 is 2.38 bits per heavy atom. The number of piperidine rings is 1. The minimum Gasteiger partial charge on any atom is -0.497 e. The van der Waals surface area contributed by atoms with Gasteiger partial charge in [-0.2, -0.15) is 4.31 Å². The zero-order valence-electron chi connectivity index (χ0n) is 18.1. The van der Waals surface area contributed by atoms with Crippen LogP contribution < -0.4 is 14.2 Å². The van der Waals surface area contributed by atoms with Crippen LogP contribution in [0, 0.1) is 0 Å². The molecule has 0 unspecified atom stereocenters. The lowest BCUT2D eigenvalue weighted by Gasteiger charge is -2.30. The van der Waals surface area contributed by atoms with E-state index in [1.54, 1.807) is 19.2 Å². The summed E-state index contributed by atoms with van der Waals surface area (Å²) in [5, 5.41) is 8.35. The highest BCUT2D eigenvalue weighted by Gasteiger charge is 2.35. The van der Waals surface area contributed by atoms with Gasteiger partial charge in [0.2, 0.25) is 21.8 Å². The molecule has 0 bridgehead atoms. The van der Waals surface area contributed by atoms with Crippen LogP contribution in [-0.2, 0) is 10.0 Å². The Balaban J connectivity index is 1.57. The lowest BCUT2D eigenvalue weighted by molar-refractivity contribution is 0.285. The summed E-state index contributed by atoms with van der Waals surface area (Å²) < 4.78 is 49.8. The van der Waals surface area contributed by atoms with E-state index in [9.17, 15) is 8.42 Å². The van der Waals surface area contributed by atoms with E-state index in [4.69, 9.17) is 18.6 Å². The number of sulfonamides is 1. The first-order valence-electron chi connectivity index (χ1n) is 10.2. The van der Waals surface area contributed by atoms with E-state index in [0.29, 0.717) is 30.5 Å². The summed E-state index contributed by atoms with van der Waals surface area (Å²) >= 11 is 0. The maximum absolute atomic E-state index is 13.4. The van der Waals surface area contributed by atoms with Gasteiger partial charge in [-0.15, -0.1) is 10.2 Å². The summed E-state index contributed by atoms with van der Waals surface area (Å²) in [7, 11) is 0.729. The SMILES string of the molecule is COc1ccc(-c2nnc([C@H]3CCCN(S(=O)(=O)c4cc(OC)ccc4OC)C3)o2)cc1. The summed E-state index contributed by atoms with van der Waals surface area (Å²) in [4.78, 5) is 0.0736. The molecule has 0 spiro atoms. The molecule has 1 atom stereocenters. The Kier molecular flexibility index (Phi) is 6.33. The highest BCUT2D eigenvalue weighted by atomic mass is 32.2. The van der Waals surface area contributed by atoms with E-state index >= 15 is 0 Å². The number of ether oxygens (including phenoxy) is 3. The van der Waals surface area contributed by atoms with Gasteiger partial charge < -0.3 is 18.6 Å². The van der Waals surface area contributed by atoms with E-state index < -0.39 is 10.0 Å². The predicted octanol–water partition coefficient (Wildman–Crippen LogP) is 3.33. The van der Waals surface area contributed by atoms with Crippen molar-refractivity contribution in [2.45, 2.75) is 23.7 Å². The molecule has 1 fully saturated rings. The van der Waals surface area contributed by atoms with Crippen molar-refractivity contribution in [2.24, 2.45) is 0 Å². The van der Waals surface area contributed by atoms with Crippen LogP contribution in [0.2, 0.25) is 0 Å². The maximum atomic E-state index is 13.4. The molecule has 3 aromatic rings. The number of aromatic nitrogens is 2. The fraction of sp³-hybridized carbons (Fsp3) is 0.364. The lowest BCUT2D eigenvalue weighted by Crippen LogP contribution is -2.39. The average Bonchev–Trinajstić information content (AvgIpc) is 3.34. The van der Waals surface area contributed by atoms with Crippen molar-refractivity contribution in [1.29, 1.82) is 0 Å². The molecule has 1 saturated heterocycles. The minimum atomic E-state index is -3.81. The van der Waals surface area contributed by atoms with Gasteiger partial charge in [0.15, 0.2) is 0 Å². The van der Waals surface area contributed by atoms with E-state index in [0.717, 1.165) is 17.7 Å². The second-order valence-corrected chi connectivity index (χ2v) is 9.30. The third-order valence-corrected chi connectivity index (χ3v) is 7.39. The van der Waals surface area contributed by atoms with Crippen LogP contribution in [0.3, 0.4) is 0 Å². The Bertz CT molecular complexity index is 1180. The molecular formula is C22H25N3O6S. The molecule has 1 aliphatic heterocycles. The number of rotatable bonds is 7. The normalized spacial score (nSPS) is 17.2. The van der Waals surface area contributed by atoms with Crippen LogP contribution in [-0.4, -0.2) is 57.3 Å². The largest absolute Gasteiger partial charge is 0.497 e. The molecule has 170 valence electrons. The highest BCUT2D eigenvalue weighted by molar-refractivity contribution is 7.89. The number of hydrogen-bond donors (Lipinski definition) is 0. The van der Waals surface area contributed by atoms with Gasteiger partial charge in [-0.25, -0.2) is 8.42 Å². The van der Waals surface area contributed by atoms with Crippen molar-refractivity contribution < 1.29 is 27.0 Å². The van der Waals surface area contributed by atoms with Crippen LogP contribution in [0.1, 0.15) is 24.7 Å². The Morgan fingerprint density at radius 2 is 1.69 bits per heavy atom. The quantitative estimate of drug-likeness (QED) is 0.530. The Morgan fingerprint density at radius 1 is 0.969 bits per heavy atom. The second-order valence-electron chi connectivity index (χ2n) is 7.39. The molecule has 0 aliphatic carbocycles. The Labute approximate surface area is 187 Å². The van der Waals surface area contributed by atoms with Gasteiger partial charge in [-0.3, -0.25) is 0 Å². The fourth-order valence-corrected chi connectivity index (χ4v) is 5.43. The van der Waals surface area contributed by atoms with Gasteiger partial charge in [0, 0.05) is 24.7 Å². The van der Waals surface area contributed by atoms with Crippen LogP contribution in [0.5, 0.6) is 17.2 Å². The summed E-state index contributed by atoms with van der Waals surface area (Å²) in [5.74, 6) is 2.06. The molecule has 1 aromatic heterocycles. The van der Waals surface area contributed by atoms with Gasteiger partial charge in [-0.1, -0.05) is 0 Å². The van der Waals surface area contributed by atoms with Crippen LogP contribution in [0.4, 0.5) is 0 Å². The van der Waals surface area contributed by atoms with Gasteiger partial charge in [-0.05, 0) is 49.2 Å². The molecule has 0 saturated carbocycles. The third kappa shape index (κ3) is 4.28. The van der Waals surface area contributed by atoms with Crippen molar-refractivity contribution in [3.05, 3.63) is 48.4 Å². The van der Waals surface area contributed by atoms with Crippen LogP contribution >= 0.6 is 0 Å². The van der Waals surface area contributed by atoms with Crippen molar-refractivity contribution in [1.82, 2.24) is 14.5 Å². The van der Waals surface area contributed by atoms with E-state index in [-0.39, 0.29) is 23.1 Å². The van der Waals surface area contributed by atoms with Crippen LogP contribution in [0.25, 0.3) is 11.5 Å². The minimum absolute atomic E-state index is 0.0736. The van der Waals surface area contributed by atoms with Crippen LogP contribution in [0.15, 0.2) is 51.8 Å². The zero-order valence-corrected chi connectivity index (χ0v) is 19.0. The van der Waals surface area contributed by atoms with Crippen molar-refractivity contribution in [2.75, 3.05) is 34.4 Å². The topological polar surface area (TPSA) is 104 Å². The summed E-state index contributed by atoms with van der Waals surface area (Å²) in [5.41, 5.74) is 0.769. The molecule has 2 heterocycles. The predicted molar refractivity (Wildman–Crippen MR) is 117 cm³/mol. The van der Waals surface area contributed by atoms with Crippen molar-refractivity contribution in [3.63, 3.8) is 0 Å². The zero-order chi connectivity index (χ0) is 22.7. The molecule has 0 amide bonds. The van der Waals surface area contributed by atoms with E-state index in [1.807, 2.05) is 24.3 Å². The fourth-order valence-electron chi connectivity index (χ4n) is 3.74.